The topological polar surface area (TPSA) is 211 Å². The van der Waals surface area contributed by atoms with Crippen molar-refractivity contribution >= 4 is 67.1 Å². The molecule has 6 atom stereocenters. The quantitative estimate of drug-likeness (QED) is 0.0590. The number of halogens is 7. The van der Waals surface area contributed by atoms with Crippen LogP contribution in [0.3, 0.4) is 0 Å². The summed E-state index contributed by atoms with van der Waals surface area (Å²) in [5.74, 6) is 2.68. The second kappa shape index (κ2) is 26.0. The number of fused-ring (bicyclic) bond motifs is 2. The third kappa shape index (κ3) is 14.6. The average Bonchev–Trinajstić information content (AvgIpc) is 4.38. The normalized spacial score (nSPS) is 19.0. The summed E-state index contributed by atoms with van der Waals surface area (Å²) < 4.78 is 98.4. The van der Waals surface area contributed by atoms with Crippen LogP contribution in [0.15, 0.2) is 85.5 Å². The summed E-state index contributed by atoms with van der Waals surface area (Å²) >= 11 is 2.03. The van der Waals surface area contributed by atoms with E-state index in [0.29, 0.717) is 105 Å². The molecule has 0 amide bonds. The number of nitrogens with zero attached hydrogens (tertiary/aromatic N) is 10. The minimum atomic E-state index is -4.29. The van der Waals surface area contributed by atoms with Crippen LogP contribution in [0.25, 0.3) is 42.9 Å². The largest absolute Gasteiger partial charge is 0.491 e. The van der Waals surface area contributed by atoms with Gasteiger partial charge < -0.3 is 49.6 Å². The van der Waals surface area contributed by atoms with Gasteiger partial charge >= 0.3 is 12.4 Å². The maximum atomic E-state index is 12.9. The van der Waals surface area contributed by atoms with E-state index in [4.69, 9.17) is 18.9 Å². The summed E-state index contributed by atoms with van der Waals surface area (Å²) in [6.07, 6.45) is -6.71. The summed E-state index contributed by atoms with van der Waals surface area (Å²) in [7, 11) is 9.74. The Kier molecular flexibility index (Phi) is 19.3. The maximum Gasteiger partial charge on any atom is 0.393 e. The van der Waals surface area contributed by atoms with Crippen molar-refractivity contribution in [3.63, 3.8) is 0 Å². The lowest BCUT2D eigenvalue weighted by Gasteiger charge is -2.28. The Balaban J connectivity index is 0.000000210. The molecule has 2 aromatic carbocycles. The van der Waals surface area contributed by atoms with E-state index in [1.807, 2.05) is 72.4 Å². The van der Waals surface area contributed by atoms with Gasteiger partial charge in [0.2, 0.25) is 0 Å². The molecule has 2 fully saturated rings. The van der Waals surface area contributed by atoms with Gasteiger partial charge in [-0.25, -0.2) is 19.9 Å². The second-order valence-electron chi connectivity index (χ2n) is 19.4. The van der Waals surface area contributed by atoms with Crippen molar-refractivity contribution in [3.05, 3.63) is 106 Å². The number of likely N-dealkylation sites (N-methyl/N-ethyl adjacent to an activating group) is 2. The Morgan fingerprint density at radius 3 is 1.27 bits per heavy atom. The molecule has 2 aliphatic carbocycles. The first kappa shape index (κ1) is 60.3. The minimum absolute atomic E-state index is 0. The summed E-state index contributed by atoms with van der Waals surface area (Å²) in [6.45, 7) is 1.21. The highest BCUT2D eigenvalue weighted by molar-refractivity contribution is 7.19. The number of aliphatic hydroxyl groups is 2. The lowest BCUT2D eigenvalue weighted by atomic mass is 10.1. The zero-order valence-corrected chi connectivity index (χ0v) is 47.1. The van der Waals surface area contributed by atoms with Crippen LogP contribution in [0.4, 0.5) is 38.0 Å². The van der Waals surface area contributed by atoms with E-state index < -0.39 is 37.4 Å². The van der Waals surface area contributed by atoms with E-state index in [-0.39, 0.29) is 46.3 Å². The molecule has 0 unspecified atom stereocenters. The molecule has 10 rings (SSSR count). The van der Waals surface area contributed by atoms with E-state index in [2.05, 4.69) is 51.0 Å². The first-order valence-corrected chi connectivity index (χ1v) is 26.9. The predicted octanol–water partition coefficient (Wildman–Crippen LogP) is 9.20. The van der Waals surface area contributed by atoms with Crippen molar-refractivity contribution in [1.29, 1.82) is 0 Å². The number of anilines is 2. The Hall–Kier alpha value is -6.81. The predicted molar refractivity (Wildman–Crippen MR) is 299 cm³/mol. The van der Waals surface area contributed by atoms with Gasteiger partial charge in [-0.05, 0) is 48.9 Å². The molecule has 0 radical (unpaired) electrons. The number of nitrogens with one attached hydrogen (secondary N) is 2. The molecular weight excluding hydrogens is 1130 g/mol. The van der Waals surface area contributed by atoms with Gasteiger partial charge in [0.1, 0.15) is 34.0 Å². The van der Waals surface area contributed by atoms with Crippen LogP contribution < -0.4 is 39.4 Å². The molecule has 6 aromatic heterocycles. The van der Waals surface area contributed by atoms with Crippen LogP contribution in [0.5, 0.6) is 23.3 Å². The van der Waals surface area contributed by atoms with Crippen LogP contribution in [0.2, 0.25) is 0 Å². The van der Waals surface area contributed by atoms with Crippen LogP contribution >= 0.6 is 35.1 Å². The van der Waals surface area contributed by atoms with Crippen LogP contribution in [0, 0.1) is 0 Å². The van der Waals surface area contributed by atoms with Crippen LogP contribution in [-0.4, -0.2) is 142 Å². The molecule has 27 heteroatoms. The molecule has 0 aliphatic heterocycles. The van der Waals surface area contributed by atoms with Gasteiger partial charge in [0.05, 0.1) is 87.7 Å². The van der Waals surface area contributed by atoms with E-state index in [1.165, 1.54) is 39.0 Å². The third-order valence-electron chi connectivity index (χ3n) is 14.1. The van der Waals surface area contributed by atoms with Gasteiger partial charge in [-0.3, -0.25) is 0 Å². The zero-order valence-electron chi connectivity index (χ0n) is 44.7. The van der Waals surface area contributed by atoms with E-state index in [9.17, 15) is 36.6 Å². The zero-order chi connectivity index (χ0) is 56.9. The standard InChI is InChI=1S/2C27H29F3N6O3S.ClH/c2*1-36(24-19-10-18(12-27(28,29)30)40-26(19)33-14-32-24)21-8-17(9-22(21)37)31-13-15-4-6-16(7-5-15)20-11-23(38-2)25(39-3)35-34-20;/h2*4-7,10-11,14,17,21-22,31,37H,8-9,12-13H2,1-3H3;1H/t2*17-,21+,22-;/m11./s1. The Morgan fingerprint density at radius 1 is 0.543 bits per heavy atom. The highest BCUT2D eigenvalue weighted by Gasteiger charge is 2.39. The molecule has 0 bridgehead atoms. The first-order valence-electron chi connectivity index (χ1n) is 25.3. The van der Waals surface area contributed by atoms with Gasteiger partial charge in [-0.2, -0.15) is 26.3 Å². The number of benzene rings is 2. The molecule has 81 heavy (non-hydrogen) atoms. The average molecular weight is 1190 g/mol. The lowest BCUT2D eigenvalue weighted by molar-refractivity contribution is -0.127. The molecule has 8 aromatic rings. The lowest BCUT2D eigenvalue weighted by Crippen LogP contribution is -2.38. The van der Waals surface area contributed by atoms with Crippen molar-refractivity contribution in [2.24, 2.45) is 0 Å². The fourth-order valence-electron chi connectivity index (χ4n) is 10.1. The number of methoxy groups -OCH3 is 4. The first-order chi connectivity index (χ1) is 38.3. The molecule has 18 nitrogen and oxygen atoms in total. The summed E-state index contributed by atoms with van der Waals surface area (Å²) in [5, 5.41) is 46.4. The fourth-order valence-corrected chi connectivity index (χ4v) is 12.1. The minimum Gasteiger partial charge on any atom is -0.491 e. The smallest absolute Gasteiger partial charge is 0.393 e. The number of rotatable bonds is 18. The van der Waals surface area contributed by atoms with Crippen molar-refractivity contribution in [2.45, 2.75) is 100 Å². The monoisotopic (exact) mass is 1180 g/mol. The van der Waals surface area contributed by atoms with Crippen molar-refractivity contribution in [2.75, 3.05) is 52.3 Å². The van der Waals surface area contributed by atoms with Gasteiger partial charge in [-0.1, -0.05) is 48.5 Å². The van der Waals surface area contributed by atoms with Crippen LogP contribution in [-0.2, 0) is 25.9 Å². The van der Waals surface area contributed by atoms with Gasteiger partial charge in [0.15, 0.2) is 11.5 Å². The number of aliphatic hydroxyl groups excluding tert-OH is 2. The van der Waals surface area contributed by atoms with E-state index in [1.54, 1.807) is 26.4 Å². The third-order valence-corrected chi connectivity index (χ3v) is 16.2. The Labute approximate surface area is 476 Å². The molecule has 6 heterocycles. The molecule has 432 valence electrons. The molecule has 4 N–H and O–H groups in total. The maximum absolute atomic E-state index is 12.9. The van der Waals surface area contributed by atoms with Gasteiger partial charge in [-0.15, -0.1) is 55.5 Å². The Bertz CT molecular complexity index is 3160. The number of aromatic nitrogens is 8. The molecular formula is C54H59ClF6N12O6S2. The molecule has 0 saturated heterocycles. The fraction of sp³-hybridized carbons (Fsp3) is 0.407. The van der Waals surface area contributed by atoms with Gasteiger partial charge in [0.25, 0.3) is 11.8 Å². The SMILES string of the molecule is COc1cc(-c2ccc(CN[C@H]3C[C@@H](O)[C@@H](N(C)c4ncnc5sc(CC(F)(F)F)cc45)C3)cc2)nnc1OC.COc1cc(-c2ccc(CN[C@H]3C[C@@H](O)[C@@H](N(C)c4ncnc5sc(CC(F)(F)F)cc45)C3)cc2)nnc1OC.Cl. The van der Waals surface area contributed by atoms with Crippen molar-refractivity contribution < 1.29 is 55.5 Å². The summed E-state index contributed by atoms with van der Waals surface area (Å²) in [5.41, 5.74) is 5.23. The highest BCUT2D eigenvalue weighted by atomic mass is 35.5. The molecule has 0 spiro atoms. The summed E-state index contributed by atoms with van der Waals surface area (Å²) in [4.78, 5) is 22.1. The van der Waals surface area contributed by atoms with Crippen molar-refractivity contribution in [1.82, 2.24) is 51.0 Å². The highest BCUT2D eigenvalue weighted by Crippen LogP contribution is 2.39. The molecule has 2 aliphatic rings. The Morgan fingerprint density at radius 2 is 0.926 bits per heavy atom. The van der Waals surface area contributed by atoms with Gasteiger partial charge in [0, 0.05) is 72.3 Å². The number of alkyl halides is 6. The number of hydrogen-bond donors (Lipinski definition) is 4. The number of ether oxygens (including phenoxy) is 4. The number of hydrogen-bond acceptors (Lipinski definition) is 20. The van der Waals surface area contributed by atoms with E-state index in [0.717, 1.165) is 44.9 Å². The van der Waals surface area contributed by atoms with Crippen LogP contribution in [0.1, 0.15) is 46.6 Å². The van der Waals surface area contributed by atoms with Crippen molar-refractivity contribution in [3.8, 4) is 45.8 Å². The van der Waals surface area contributed by atoms with E-state index >= 15 is 0 Å². The second-order valence-corrected chi connectivity index (χ2v) is 21.7. The number of thiophene rings is 2. The molecule has 2 saturated carbocycles. The summed E-state index contributed by atoms with van der Waals surface area (Å²) in [6, 6.07) is 22.0.